The summed E-state index contributed by atoms with van der Waals surface area (Å²) in [7, 11) is 0. The van der Waals surface area contributed by atoms with Crippen LogP contribution in [0.3, 0.4) is 0 Å². The van der Waals surface area contributed by atoms with Crippen molar-refractivity contribution in [2.45, 2.75) is 25.7 Å². The Balaban J connectivity index is 1.88. The Morgan fingerprint density at radius 3 is 2.63 bits per heavy atom. The van der Waals surface area contributed by atoms with Crippen LogP contribution in [-0.2, 0) is 0 Å². The van der Waals surface area contributed by atoms with E-state index < -0.39 is 5.91 Å². The zero-order valence-electron chi connectivity index (χ0n) is 10.9. The zero-order valence-corrected chi connectivity index (χ0v) is 10.9. The molecule has 1 aromatic rings. The van der Waals surface area contributed by atoms with Gasteiger partial charge in [0.2, 0.25) is 0 Å². The van der Waals surface area contributed by atoms with E-state index in [1.807, 2.05) is 0 Å². The van der Waals surface area contributed by atoms with E-state index in [2.05, 4.69) is 15.5 Å². The van der Waals surface area contributed by atoms with Crippen LogP contribution in [0.4, 0.5) is 5.82 Å². The Hall–Kier alpha value is -1.69. The van der Waals surface area contributed by atoms with E-state index in [0.717, 1.165) is 19.4 Å². The third kappa shape index (κ3) is 3.64. The maximum absolute atomic E-state index is 10.9. The standard InChI is InChI=1S/C13H20N4O2/c14-13(19)11-5-6-12(17-16-11)15-7-9-3-1-2-4-10(9)8-18/h5-6,9-10,18H,1-4,7-8H2,(H2,14,19)(H,15,17). The van der Waals surface area contributed by atoms with Crippen molar-refractivity contribution >= 4 is 11.7 Å². The molecule has 2 unspecified atom stereocenters. The highest BCUT2D eigenvalue weighted by Gasteiger charge is 2.24. The van der Waals surface area contributed by atoms with Crippen molar-refractivity contribution in [3.05, 3.63) is 17.8 Å². The second-order valence-electron chi connectivity index (χ2n) is 5.04. The summed E-state index contributed by atoms with van der Waals surface area (Å²) < 4.78 is 0. The molecule has 4 N–H and O–H groups in total. The molecule has 1 fully saturated rings. The van der Waals surface area contributed by atoms with E-state index in [0.29, 0.717) is 17.7 Å². The predicted octanol–water partition coefficient (Wildman–Crippen LogP) is 0.786. The van der Waals surface area contributed by atoms with Gasteiger partial charge in [0, 0.05) is 13.2 Å². The number of anilines is 1. The summed E-state index contributed by atoms with van der Waals surface area (Å²) in [6.45, 7) is 1.02. The molecule has 2 atom stereocenters. The third-order valence-electron chi connectivity index (χ3n) is 3.76. The average Bonchev–Trinajstić information content (AvgIpc) is 2.45. The molecule has 6 nitrogen and oxygen atoms in total. The van der Waals surface area contributed by atoms with E-state index in [-0.39, 0.29) is 12.3 Å². The molecule has 1 heterocycles. The second-order valence-corrected chi connectivity index (χ2v) is 5.04. The predicted molar refractivity (Wildman–Crippen MR) is 71.6 cm³/mol. The maximum Gasteiger partial charge on any atom is 0.269 e. The lowest BCUT2D eigenvalue weighted by Crippen LogP contribution is -2.29. The number of hydrogen-bond donors (Lipinski definition) is 3. The number of rotatable bonds is 5. The van der Waals surface area contributed by atoms with Gasteiger partial charge >= 0.3 is 0 Å². The van der Waals surface area contributed by atoms with Gasteiger partial charge in [0.25, 0.3) is 5.91 Å². The van der Waals surface area contributed by atoms with E-state index in [1.54, 1.807) is 12.1 Å². The highest BCUT2D eigenvalue weighted by atomic mass is 16.3. The number of carbonyl (C=O) groups is 1. The number of carbonyl (C=O) groups excluding carboxylic acids is 1. The molecule has 19 heavy (non-hydrogen) atoms. The molecule has 1 aromatic heterocycles. The van der Waals surface area contributed by atoms with Crippen molar-refractivity contribution in [3.8, 4) is 0 Å². The molecular formula is C13H20N4O2. The number of aliphatic hydroxyl groups excluding tert-OH is 1. The fourth-order valence-electron chi connectivity index (χ4n) is 2.59. The van der Waals surface area contributed by atoms with Gasteiger partial charge in [0.1, 0.15) is 5.82 Å². The van der Waals surface area contributed by atoms with E-state index >= 15 is 0 Å². The lowest BCUT2D eigenvalue weighted by molar-refractivity contribution is 0.0994. The molecule has 104 valence electrons. The summed E-state index contributed by atoms with van der Waals surface area (Å²) >= 11 is 0. The van der Waals surface area contributed by atoms with Gasteiger partial charge in [-0.2, -0.15) is 0 Å². The summed E-state index contributed by atoms with van der Waals surface area (Å²) in [5.41, 5.74) is 5.26. The molecule has 6 heteroatoms. The van der Waals surface area contributed by atoms with Gasteiger partial charge in [0.05, 0.1) is 0 Å². The first-order valence-corrected chi connectivity index (χ1v) is 6.69. The number of aromatic nitrogens is 2. The first kappa shape index (κ1) is 13.7. The van der Waals surface area contributed by atoms with Gasteiger partial charge in [-0.15, -0.1) is 10.2 Å². The van der Waals surface area contributed by atoms with Crippen LogP contribution in [0.2, 0.25) is 0 Å². The van der Waals surface area contributed by atoms with Crippen LogP contribution in [0.1, 0.15) is 36.2 Å². The number of hydrogen-bond acceptors (Lipinski definition) is 5. The van der Waals surface area contributed by atoms with Gasteiger partial charge < -0.3 is 16.2 Å². The van der Waals surface area contributed by atoms with Crippen molar-refractivity contribution in [3.63, 3.8) is 0 Å². The highest BCUT2D eigenvalue weighted by Crippen LogP contribution is 2.29. The second kappa shape index (κ2) is 6.47. The summed E-state index contributed by atoms with van der Waals surface area (Å²) in [4.78, 5) is 10.9. The van der Waals surface area contributed by atoms with Gasteiger partial charge in [-0.3, -0.25) is 4.79 Å². The minimum atomic E-state index is -0.577. The molecule has 0 spiro atoms. The Bertz CT molecular complexity index is 421. The first-order chi connectivity index (χ1) is 9.20. The van der Waals surface area contributed by atoms with E-state index in [9.17, 15) is 9.90 Å². The Labute approximate surface area is 112 Å². The van der Waals surface area contributed by atoms with Crippen molar-refractivity contribution in [1.82, 2.24) is 10.2 Å². The summed E-state index contributed by atoms with van der Waals surface area (Å²) in [6, 6.07) is 3.26. The smallest absolute Gasteiger partial charge is 0.269 e. The van der Waals surface area contributed by atoms with E-state index in [4.69, 9.17) is 5.73 Å². The Morgan fingerprint density at radius 1 is 1.32 bits per heavy atom. The zero-order chi connectivity index (χ0) is 13.7. The fraction of sp³-hybridized carbons (Fsp3) is 0.615. The number of aliphatic hydroxyl groups is 1. The van der Waals surface area contributed by atoms with Crippen LogP contribution in [-0.4, -0.2) is 34.4 Å². The summed E-state index contributed by atoms with van der Waals surface area (Å²) in [6.07, 6.45) is 4.64. The Kier molecular flexibility index (Phi) is 4.68. The van der Waals surface area contributed by atoms with Crippen LogP contribution >= 0.6 is 0 Å². The molecule has 1 aliphatic carbocycles. The number of nitrogens with zero attached hydrogens (tertiary/aromatic N) is 2. The Morgan fingerprint density at radius 2 is 2.05 bits per heavy atom. The monoisotopic (exact) mass is 264 g/mol. The number of amides is 1. The van der Waals surface area contributed by atoms with Crippen molar-refractivity contribution < 1.29 is 9.90 Å². The van der Waals surface area contributed by atoms with Crippen LogP contribution in [0.25, 0.3) is 0 Å². The van der Waals surface area contributed by atoms with E-state index in [1.165, 1.54) is 12.8 Å². The SMILES string of the molecule is NC(=O)c1ccc(NCC2CCCCC2CO)nn1. The normalized spacial score (nSPS) is 23.0. The molecule has 0 saturated heterocycles. The number of primary amides is 1. The van der Waals surface area contributed by atoms with Crippen molar-refractivity contribution in [1.29, 1.82) is 0 Å². The molecule has 1 saturated carbocycles. The molecule has 0 radical (unpaired) electrons. The van der Waals surface area contributed by atoms with Crippen LogP contribution in [0.15, 0.2) is 12.1 Å². The first-order valence-electron chi connectivity index (χ1n) is 6.69. The lowest BCUT2D eigenvalue weighted by atomic mass is 9.79. The highest BCUT2D eigenvalue weighted by molar-refractivity contribution is 5.90. The lowest BCUT2D eigenvalue weighted by Gasteiger charge is -2.30. The fourth-order valence-corrected chi connectivity index (χ4v) is 2.59. The van der Waals surface area contributed by atoms with Crippen LogP contribution in [0.5, 0.6) is 0 Å². The number of nitrogens with two attached hydrogens (primary N) is 1. The van der Waals surface area contributed by atoms with Crippen molar-refractivity contribution in [2.75, 3.05) is 18.5 Å². The van der Waals surface area contributed by atoms with Gasteiger partial charge in [-0.25, -0.2) is 0 Å². The van der Waals surface area contributed by atoms with Gasteiger partial charge in [0.15, 0.2) is 5.69 Å². The summed E-state index contributed by atoms with van der Waals surface area (Å²) in [5.74, 6) is 0.898. The minimum absolute atomic E-state index is 0.163. The maximum atomic E-state index is 10.9. The average molecular weight is 264 g/mol. The largest absolute Gasteiger partial charge is 0.396 e. The molecule has 2 rings (SSSR count). The molecular weight excluding hydrogens is 244 g/mol. The topological polar surface area (TPSA) is 101 Å². The molecule has 0 aromatic carbocycles. The summed E-state index contributed by atoms with van der Waals surface area (Å²) in [5, 5.41) is 20.2. The van der Waals surface area contributed by atoms with Gasteiger partial charge in [-0.05, 0) is 36.8 Å². The molecule has 1 aliphatic rings. The van der Waals surface area contributed by atoms with Crippen molar-refractivity contribution in [2.24, 2.45) is 17.6 Å². The number of nitrogens with one attached hydrogen (secondary N) is 1. The third-order valence-corrected chi connectivity index (χ3v) is 3.76. The quantitative estimate of drug-likeness (QED) is 0.729. The minimum Gasteiger partial charge on any atom is -0.396 e. The van der Waals surface area contributed by atoms with Gasteiger partial charge in [-0.1, -0.05) is 12.8 Å². The van der Waals surface area contributed by atoms with Crippen LogP contribution < -0.4 is 11.1 Å². The molecule has 0 aliphatic heterocycles. The molecule has 1 amide bonds. The van der Waals surface area contributed by atoms with Crippen LogP contribution in [0, 0.1) is 11.8 Å². The molecule has 0 bridgehead atoms.